The first-order valence-corrected chi connectivity index (χ1v) is 36.3. The number of hydrogen-bond donors (Lipinski definition) is 0. The molecule has 0 N–H and O–H groups in total. The van der Waals surface area contributed by atoms with E-state index in [1.54, 1.807) is 9.36 Å². The van der Waals surface area contributed by atoms with Crippen molar-refractivity contribution in [3.05, 3.63) is 57.0 Å². The molecule has 76 heavy (non-hydrogen) atoms. The Morgan fingerprint density at radius 2 is 0.987 bits per heavy atom. The lowest BCUT2D eigenvalue weighted by Crippen LogP contribution is -2.43. The van der Waals surface area contributed by atoms with Crippen LogP contribution in [0.15, 0.2) is 41.3 Å². The van der Waals surface area contributed by atoms with Gasteiger partial charge < -0.3 is 19.3 Å². The number of aryl methyl sites for hydroxylation is 3. The van der Waals surface area contributed by atoms with Gasteiger partial charge in [-0.3, -0.25) is 9.36 Å². The van der Waals surface area contributed by atoms with Gasteiger partial charge in [0.25, 0.3) is 0 Å². The Kier molecular flexibility index (Phi) is 14.7. The van der Waals surface area contributed by atoms with Crippen LogP contribution in [0.4, 0.5) is 11.6 Å². The number of rotatable bonds is 14. The van der Waals surface area contributed by atoms with Gasteiger partial charge in [0, 0.05) is 102 Å². The fourth-order valence-electron chi connectivity index (χ4n) is 12.3. The first kappa shape index (κ1) is 53.5. The van der Waals surface area contributed by atoms with Gasteiger partial charge in [-0.15, -0.1) is 0 Å². The van der Waals surface area contributed by atoms with Crippen molar-refractivity contribution in [3.8, 4) is 22.5 Å². The summed E-state index contributed by atoms with van der Waals surface area (Å²) < 4.78 is 20.3. The molecule has 6 atom stereocenters. The van der Waals surface area contributed by atoms with E-state index in [0.717, 1.165) is 113 Å². The van der Waals surface area contributed by atoms with E-state index < -0.39 is 16.1 Å². The van der Waals surface area contributed by atoms with E-state index in [9.17, 15) is 0 Å². The highest BCUT2D eigenvalue weighted by Crippen LogP contribution is 2.46. The van der Waals surface area contributed by atoms with Gasteiger partial charge in [0.15, 0.2) is 22.9 Å². The van der Waals surface area contributed by atoms with Gasteiger partial charge in [0.05, 0.1) is 26.8 Å². The molecule has 16 nitrogen and oxygen atoms in total. The fraction of sp³-hybridized carbons (Fsp3) is 0.564. The molecule has 6 aromatic heterocycles. The summed E-state index contributed by atoms with van der Waals surface area (Å²) in [7, 11) is 1.41. The van der Waals surface area contributed by atoms with Crippen molar-refractivity contribution in [3.63, 3.8) is 0 Å². The number of halogens is 3. The SMILES string of the molecule is CC1C[C@H]2CC[C@@H](C1)N2c1nc2c(nc1Br)c(-c1ccc3nn(C)cc3c1Cl)nn2COCC[Si](C)(C)C.Cc1nc2c(-c3ccc4nn(C)cc4c3Cl)nn(COCC[Si](C)(C)C)c2nc1N1[C@@H]2CC[C@H]1CC(C)C2. The van der Waals surface area contributed by atoms with Gasteiger partial charge >= 0.3 is 0 Å². The van der Waals surface area contributed by atoms with Gasteiger partial charge in [-0.2, -0.15) is 20.4 Å². The molecule has 404 valence electrons. The third-order valence-electron chi connectivity index (χ3n) is 16.1. The molecule has 4 aliphatic heterocycles. The Balaban J connectivity index is 0.000000162. The molecule has 0 amide bonds. The average molecular weight is 1170 g/mol. The second kappa shape index (κ2) is 20.9. The maximum Gasteiger partial charge on any atom is 0.181 e. The molecule has 12 rings (SSSR count). The normalized spacial score (nSPS) is 21.8. The van der Waals surface area contributed by atoms with Crippen molar-refractivity contribution in [2.75, 3.05) is 23.0 Å². The van der Waals surface area contributed by atoms with Gasteiger partial charge in [-0.25, -0.2) is 29.3 Å². The van der Waals surface area contributed by atoms with Crippen LogP contribution in [0.25, 0.3) is 66.6 Å². The molecule has 2 unspecified atom stereocenters. The van der Waals surface area contributed by atoms with Gasteiger partial charge in [0.2, 0.25) is 0 Å². The van der Waals surface area contributed by atoms with Crippen molar-refractivity contribution in [1.29, 1.82) is 0 Å². The summed E-state index contributed by atoms with van der Waals surface area (Å²) in [5.41, 5.74) is 8.73. The van der Waals surface area contributed by atoms with E-state index in [0.29, 0.717) is 60.0 Å². The maximum atomic E-state index is 6.94. The topological polar surface area (TPSA) is 148 Å². The molecular formula is C55H73BrCl2N14O2Si2. The number of anilines is 2. The molecule has 4 saturated heterocycles. The van der Waals surface area contributed by atoms with Crippen molar-refractivity contribution in [1.82, 2.24) is 59.1 Å². The third kappa shape index (κ3) is 10.6. The molecule has 8 aromatic rings. The molecule has 0 spiro atoms. The molecule has 0 aliphatic carbocycles. The second-order valence-electron chi connectivity index (χ2n) is 24.8. The number of benzene rings is 2. The van der Waals surface area contributed by atoms with Crippen LogP contribution in [0.1, 0.15) is 70.9 Å². The Hall–Kier alpha value is -4.51. The summed E-state index contributed by atoms with van der Waals surface area (Å²) in [4.78, 5) is 25.8. The zero-order chi connectivity index (χ0) is 53.5. The van der Waals surface area contributed by atoms with Crippen LogP contribution in [0.3, 0.4) is 0 Å². The average Bonchev–Trinajstić information content (AvgIpc) is 4.19. The molecule has 4 aliphatic rings. The molecule has 0 radical (unpaired) electrons. The highest BCUT2D eigenvalue weighted by Gasteiger charge is 2.43. The lowest BCUT2D eigenvalue weighted by molar-refractivity contribution is 0.0813. The van der Waals surface area contributed by atoms with Crippen molar-refractivity contribution >= 4 is 111 Å². The fourth-order valence-corrected chi connectivity index (χ4v) is 14.9. The third-order valence-corrected chi connectivity index (χ3v) is 20.8. The van der Waals surface area contributed by atoms with Crippen LogP contribution in [0, 0.1) is 18.8 Å². The van der Waals surface area contributed by atoms with E-state index >= 15 is 0 Å². The quantitative estimate of drug-likeness (QED) is 0.0754. The second-order valence-corrected chi connectivity index (χ2v) is 37.5. The van der Waals surface area contributed by atoms with Crippen molar-refractivity contribution in [2.24, 2.45) is 25.9 Å². The van der Waals surface area contributed by atoms with Gasteiger partial charge in [0.1, 0.15) is 40.5 Å². The summed E-state index contributed by atoms with van der Waals surface area (Å²) in [6.45, 7) is 23.1. The van der Waals surface area contributed by atoms with Crippen LogP contribution in [0.5, 0.6) is 0 Å². The van der Waals surface area contributed by atoms with Crippen LogP contribution >= 0.6 is 39.1 Å². The minimum Gasteiger partial charge on any atom is -0.359 e. The Labute approximate surface area is 466 Å². The summed E-state index contributed by atoms with van der Waals surface area (Å²) in [6, 6.07) is 12.3. The minimum atomic E-state index is -1.20. The Bertz CT molecular complexity index is 3220. The lowest BCUT2D eigenvalue weighted by atomic mass is 9.92. The number of fused-ring (bicyclic) bond motifs is 8. The highest BCUT2D eigenvalue weighted by atomic mass is 79.9. The Morgan fingerprint density at radius 1 is 0.579 bits per heavy atom. The van der Waals surface area contributed by atoms with Crippen LogP contribution in [-0.2, 0) is 37.0 Å². The van der Waals surface area contributed by atoms with E-state index in [2.05, 4.69) is 96.0 Å². The van der Waals surface area contributed by atoms with Gasteiger partial charge in [-0.1, -0.05) is 76.3 Å². The predicted molar refractivity (Wildman–Crippen MR) is 316 cm³/mol. The summed E-state index contributed by atoms with van der Waals surface area (Å²) >= 11 is 17.7. The number of hydrogen-bond acceptors (Lipinski definition) is 12. The summed E-state index contributed by atoms with van der Waals surface area (Å²) in [5, 5.41) is 22.0. The number of ether oxygens (including phenoxy) is 2. The predicted octanol–water partition coefficient (Wildman–Crippen LogP) is 13.3. The molecule has 0 saturated carbocycles. The lowest BCUT2D eigenvalue weighted by Gasteiger charge is -2.39. The zero-order valence-electron chi connectivity index (χ0n) is 46.0. The Morgan fingerprint density at radius 3 is 1.42 bits per heavy atom. The van der Waals surface area contributed by atoms with E-state index in [4.69, 9.17) is 62.8 Å². The number of piperidine rings is 2. The highest BCUT2D eigenvalue weighted by molar-refractivity contribution is 9.10. The molecule has 4 bridgehead atoms. The van der Waals surface area contributed by atoms with E-state index in [1.807, 2.05) is 60.1 Å². The maximum absolute atomic E-state index is 6.94. The van der Waals surface area contributed by atoms with E-state index in [1.165, 1.54) is 51.4 Å². The molecule has 4 fully saturated rings. The smallest absolute Gasteiger partial charge is 0.181 e. The van der Waals surface area contributed by atoms with Crippen LogP contribution < -0.4 is 9.80 Å². The monoisotopic (exact) mass is 1170 g/mol. The number of aromatic nitrogens is 12. The van der Waals surface area contributed by atoms with Crippen molar-refractivity contribution in [2.45, 2.75) is 161 Å². The van der Waals surface area contributed by atoms with Crippen LogP contribution in [-0.4, -0.2) is 113 Å². The first-order chi connectivity index (χ1) is 36.2. The number of nitrogens with zero attached hydrogens (tertiary/aromatic N) is 14. The molecule has 21 heteroatoms. The van der Waals surface area contributed by atoms with Gasteiger partial charge in [-0.05, 0) is 122 Å². The molecular weight excluding hydrogens is 1100 g/mol. The minimum absolute atomic E-state index is 0.327. The molecule has 10 heterocycles. The zero-order valence-corrected chi connectivity index (χ0v) is 51.1. The van der Waals surface area contributed by atoms with Crippen LogP contribution in [0.2, 0.25) is 61.4 Å². The standard InChI is InChI=1S/C28H38ClN7OSi.C27H35BrClN7OSi/c1-17-13-19-7-8-20(14-17)36(19)27-18(2)30-26-25(21-9-10-23-22(24(21)29)15-34(3)32-23)33-35(28(26)31-27)16-37-11-12-38(4,5)6;1-16-12-17-6-7-18(13-16)36(17)27-25(28)30-24-23(19-8-9-21-20(22(19)29)14-34(2)32-21)33-35(26(24)31-27)15-37-10-11-38(3,4)5/h9-10,15,17,19-20H,7-8,11-14,16H2,1-6H3;8-9,14,16-18H,6-7,10-13,15H2,1-5H3/t17?,19-,20+;16?,17-,18+. The summed E-state index contributed by atoms with van der Waals surface area (Å²) in [6.07, 6.45) is 13.6. The van der Waals surface area contributed by atoms with Crippen molar-refractivity contribution < 1.29 is 9.47 Å². The van der Waals surface area contributed by atoms with E-state index in [-0.39, 0.29) is 0 Å². The first-order valence-electron chi connectivity index (χ1n) is 27.3. The largest absolute Gasteiger partial charge is 0.359 e. The summed E-state index contributed by atoms with van der Waals surface area (Å²) in [5.74, 6) is 3.43. The molecule has 2 aromatic carbocycles.